The summed E-state index contributed by atoms with van der Waals surface area (Å²) >= 11 is 9.09. The molecule has 1 atom stereocenters. The van der Waals surface area contributed by atoms with Crippen molar-refractivity contribution in [3.63, 3.8) is 0 Å². The van der Waals surface area contributed by atoms with E-state index in [0.717, 1.165) is 40.6 Å². The first kappa shape index (κ1) is 24.2. The van der Waals surface area contributed by atoms with Crippen LogP contribution in [0.2, 0.25) is 5.02 Å². The summed E-state index contributed by atoms with van der Waals surface area (Å²) in [5, 5.41) is 13.7. The molecule has 0 saturated heterocycles. The molecule has 188 valence electrons. The minimum Gasteiger partial charge on any atom is -0.351 e. The van der Waals surface area contributed by atoms with Crippen LogP contribution in [0.1, 0.15) is 29.3 Å². The Bertz CT molecular complexity index is 1680. The minimum atomic E-state index is -0.0963. The third-order valence-corrected chi connectivity index (χ3v) is 9.13. The van der Waals surface area contributed by atoms with E-state index in [0.29, 0.717) is 34.1 Å². The maximum absolute atomic E-state index is 13.9. The van der Waals surface area contributed by atoms with Gasteiger partial charge in [0.1, 0.15) is 4.83 Å². The molecular weight excluding hydrogens is 526 g/mol. The van der Waals surface area contributed by atoms with Crippen LogP contribution in [0, 0.1) is 5.92 Å². The maximum Gasteiger partial charge on any atom is 0.268 e. The number of carbonyl (C=O) groups is 1. The highest BCUT2D eigenvalue weighted by atomic mass is 35.5. The zero-order valence-electron chi connectivity index (χ0n) is 20.1. The summed E-state index contributed by atoms with van der Waals surface area (Å²) in [7, 11) is 0. The first-order valence-electron chi connectivity index (χ1n) is 12.1. The van der Waals surface area contributed by atoms with Gasteiger partial charge >= 0.3 is 0 Å². The molecule has 3 heterocycles. The Balaban J connectivity index is 1.42. The molecule has 5 aromatic rings. The van der Waals surface area contributed by atoms with Crippen LogP contribution in [0.4, 0.5) is 0 Å². The van der Waals surface area contributed by atoms with Crippen LogP contribution in [-0.4, -0.2) is 30.8 Å². The number of nitrogens with zero attached hydrogens (tertiary/aromatic N) is 4. The van der Waals surface area contributed by atoms with Gasteiger partial charge in [-0.3, -0.25) is 9.59 Å². The maximum atomic E-state index is 13.9. The van der Waals surface area contributed by atoms with Gasteiger partial charge in [0, 0.05) is 16.4 Å². The lowest BCUT2D eigenvalue weighted by Crippen LogP contribution is -2.24. The predicted octanol–water partition coefficient (Wildman–Crippen LogP) is 5.28. The molecule has 10 heteroatoms. The van der Waals surface area contributed by atoms with Crippen molar-refractivity contribution in [2.24, 2.45) is 5.92 Å². The van der Waals surface area contributed by atoms with Crippen molar-refractivity contribution in [3.8, 4) is 5.69 Å². The number of aryl methyl sites for hydroxylation is 1. The van der Waals surface area contributed by atoms with Gasteiger partial charge in [0.2, 0.25) is 11.7 Å². The Labute approximate surface area is 226 Å². The van der Waals surface area contributed by atoms with E-state index in [1.54, 1.807) is 28.0 Å². The topological polar surface area (TPSA) is 81.3 Å². The lowest BCUT2D eigenvalue weighted by molar-refractivity contribution is -0.118. The Morgan fingerprint density at radius 2 is 1.95 bits per heavy atom. The first-order chi connectivity index (χ1) is 18.0. The van der Waals surface area contributed by atoms with E-state index in [1.165, 1.54) is 16.6 Å². The molecule has 1 aliphatic rings. The fourth-order valence-corrected chi connectivity index (χ4v) is 7.08. The van der Waals surface area contributed by atoms with Crippen molar-refractivity contribution in [2.45, 2.75) is 37.9 Å². The monoisotopic (exact) mass is 549 g/mol. The molecule has 0 unspecified atom stereocenters. The van der Waals surface area contributed by atoms with E-state index < -0.39 is 0 Å². The summed E-state index contributed by atoms with van der Waals surface area (Å²) in [4.78, 5) is 28.7. The molecule has 1 amide bonds. The van der Waals surface area contributed by atoms with E-state index in [-0.39, 0.29) is 17.2 Å². The van der Waals surface area contributed by atoms with Gasteiger partial charge in [0.15, 0.2) is 5.16 Å². The summed E-state index contributed by atoms with van der Waals surface area (Å²) in [6, 6.07) is 17.0. The molecule has 0 saturated carbocycles. The van der Waals surface area contributed by atoms with E-state index >= 15 is 0 Å². The molecule has 0 fully saturated rings. The van der Waals surface area contributed by atoms with Crippen molar-refractivity contribution in [2.75, 3.05) is 5.75 Å². The van der Waals surface area contributed by atoms with Crippen molar-refractivity contribution >= 4 is 56.6 Å². The van der Waals surface area contributed by atoms with Gasteiger partial charge < -0.3 is 5.32 Å². The van der Waals surface area contributed by atoms with Gasteiger partial charge in [-0.1, -0.05) is 60.6 Å². The largest absolute Gasteiger partial charge is 0.351 e. The van der Waals surface area contributed by atoms with Crippen LogP contribution in [0.3, 0.4) is 0 Å². The van der Waals surface area contributed by atoms with Crippen molar-refractivity contribution in [1.82, 2.24) is 24.5 Å². The molecule has 7 nitrogen and oxygen atoms in total. The smallest absolute Gasteiger partial charge is 0.268 e. The zero-order chi connectivity index (χ0) is 25.5. The summed E-state index contributed by atoms with van der Waals surface area (Å²) in [6.45, 7) is 2.70. The van der Waals surface area contributed by atoms with Crippen LogP contribution in [0.25, 0.3) is 21.7 Å². The molecule has 3 aromatic heterocycles. The number of hydrogen-bond donors (Lipinski definition) is 1. The molecule has 0 bridgehead atoms. The molecule has 0 spiro atoms. The second-order valence-corrected chi connectivity index (χ2v) is 11.8. The number of fused-ring (bicyclic) bond motifs is 5. The number of amides is 1. The third kappa shape index (κ3) is 4.56. The SMILES string of the molecule is C[C@H]1CCc2sc3c(c2C1)c(=O)n(-c1ccc(Cl)cc1)c1nnc(SCC(=O)NCc2ccccc2)n31. The van der Waals surface area contributed by atoms with Gasteiger partial charge in [-0.05, 0) is 60.6 Å². The van der Waals surface area contributed by atoms with Crippen molar-refractivity contribution in [3.05, 3.63) is 86.0 Å². The number of thiophene rings is 1. The number of rotatable bonds is 6. The van der Waals surface area contributed by atoms with Gasteiger partial charge in [-0.15, -0.1) is 21.5 Å². The molecule has 2 aromatic carbocycles. The highest BCUT2D eigenvalue weighted by Crippen LogP contribution is 2.38. The average molecular weight is 550 g/mol. The number of thioether (sulfide) groups is 1. The second kappa shape index (κ2) is 9.96. The standard InChI is InChI=1S/C27H24ClN5O2S2/c1-16-7-12-21-20(13-16)23-24(35)32(19-10-8-18(28)9-11-19)26-30-31-27(33(26)25(23)37-21)36-15-22(34)29-14-17-5-3-2-4-6-17/h2-6,8-11,16H,7,12-15H2,1H3,(H,29,34)/t16-/m0/s1. The van der Waals surface area contributed by atoms with Crippen molar-refractivity contribution < 1.29 is 4.79 Å². The van der Waals surface area contributed by atoms with E-state index in [9.17, 15) is 9.59 Å². The summed E-state index contributed by atoms with van der Waals surface area (Å²) in [6.07, 6.45) is 2.95. The van der Waals surface area contributed by atoms with Gasteiger partial charge in [0.05, 0.1) is 16.8 Å². The van der Waals surface area contributed by atoms with E-state index in [1.807, 2.05) is 46.9 Å². The van der Waals surface area contributed by atoms with E-state index in [2.05, 4.69) is 22.4 Å². The van der Waals surface area contributed by atoms with Crippen LogP contribution in [0.5, 0.6) is 0 Å². The number of nitrogens with one attached hydrogen (secondary N) is 1. The lowest BCUT2D eigenvalue weighted by atomic mass is 9.89. The number of carbonyl (C=O) groups excluding carboxylic acids is 1. The zero-order valence-corrected chi connectivity index (χ0v) is 22.5. The molecule has 1 N–H and O–H groups in total. The number of halogens is 1. The summed E-state index contributed by atoms with van der Waals surface area (Å²) in [5.41, 5.74) is 2.76. The Morgan fingerprint density at radius 3 is 2.73 bits per heavy atom. The van der Waals surface area contributed by atoms with Crippen LogP contribution < -0.4 is 10.9 Å². The number of aromatic nitrogens is 4. The van der Waals surface area contributed by atoms with Crippen molar-refractivity contribution in [1.29, 1.82) is 0 Å². The summed E-state index contributed by atoms with van der Waals surface area (Å²) in [5.74, 6) is 1.05. The molecule has 6 rings (SSSR count). The molecule has 0 radical (unpaired) electrons. The fraction of sp³-hybridized carbons (Fsp3) is 0.259. The highest BCUT2D eigenvalue weighted by Gasteiger charge is 2.27. The summed E-state index contributed by atoms with van der Waals surface area (Å²) < 4.78 is 3.55. The molecule has 37 heavy (non-hydrogen) atoms. The quantitative estimate of drug-likeness (QED) is 0.291. The van der Waals surface area contributed by atoms with Gasteiger partial charge in [-0.25, -0.2) is 8.97 Å². The fourth-order valence-electron chi connectivity index (χ4n) is 4.80. The highest BCUT2D eigenvalue weighted by molar-refractivity contribution is 7.99. The van der Waals surface area contributed by atoms with Crippen LogP contribution in [-0.2, 0) is 24.2 Å². The normalized spacial score (nSPS) is 15.2. The molecular formula is C27H24ClN5O2S2. The molecule has 1 aliphatic carbocycles. The van der Waals surface area contributed by atoms with Crippen LogP contribution >= 0.6 is 34.7 Å². The van der Waals surface area contributed by atoms with Crippen LogP contribution in [0.15, 0.2) is 64.5 Å². The Hall–Kier alpha value is -3.14. The average Bonchev–Trinajstić information content (AvgIpc) is 3.49. The van der Waals surface area contributed by atoms with Gasteiger partial charge in [-0.2, -0.15) is 0 Å². The third-order valence-electron chi connectivity index (χ3n) is 6.67. The lowest BCUT2D eigenvalue weighted by Gasteiger charge is -2.18. The Morgan fingerprint density at radius 1 is 1.16 bits per heavy atom. The predicted molar refractivity (Wildman–Crippen MR) is 149 cm³/mol. The first-order valence-corrected chi connectivity index (χ1v) is 14.3. The second-order valence-electron chi connectivity index (χ2n) is 9.32. The Kier molecular flexibility index (Phi) is 6.52. The minimum absolute atomic E-state index is 0.0906. The molecule has 0 aliphatic heterocycles. The van der Waals surface area contributed by atoms with Gasteiger partial charge in [0.25, 0.3) is 5.56 Å². The number of hydrogen-bond acceptors (Lipinski definition) is 6. The number of benzene rings is 2. The van der Waals surface area contributed by atoms with E-state index in [4.69, 9.17) is 11.6 Å².